The number of hydrogen-bond donors (Lipinski definition) is 1. The van der Waals surface area contributed by atoms with Crippen LogP contribution in [0.25, 0.3) is 0 Å². The van der Waals surface area contributed by atoms with E-state index >= 15 is 0 Å². The van der Waals surface area contributed by atoms with Crippen LogP contribution in [0.1, 0.15) is 5.56 Å². The van der Waals surface area contributed by atoms with Gasteiger partial charge in [-0.15, -0.1) is 0 Å². The fourth-order valence-electron chi connectivity index (χ4n) is 1.62. The Morgan fingerprint density at radius 3 is 2.19 bits per heavy atom. The Labute approximate surface area is 127 Å². The zero-order valence-corrected chi connectivity index (χ0v) is 11.8. The molecular formula is C15H13ClN2O3. The number of urea groups is 1. The van der Waals surface area contributed by atoms with Crippen molar-refractivity contribution in [2.45, 2.75) is 6.42 Å². The van der Waals surface area contributed by atoms with Crippen molar-refractivity contribution in [3.05, 3.63) is 66.2 Å². The van der Waals surface area contributed by atoms with Gasteiger partial charge >= 0.3 is 12.0 Å². The Kier molecular flexibility index (Phi) is 5.17. The van der Waals surface area contributed by atoms with Gasteiger partial charge in [-0.05, 0) is 17.7 Å². The number of nitrogens with zero attached hydrogens (tertiary/aromatic N) is 1. The first-order valence-corrected chi connectivity index (χ1v) is 6.55. The molecule has 0 atom stereocenters. The highest BCUT2D eigenvalue weighted by Gasteiger charge is 2.15. The maximum absolute atomic E-state index is 11.7. The summed E-state index contributed by atoms with van der Waals surface area (Å²) in [6, 6.07) is 16.9. The molecule has 2 rings (SSSR count). The number of rotatable bonds is 3. The predicted octanol–water partition coefficient (Wildman–Crippen LogP) is 3.06. The van der Waals surface area contributed by atoms with Gasteiger partial charge in [0.15, 0.2) is 0 Å². The normalized spacial score (nSPS) is 9.76. The molecule has 0 bridgehead atoms. The molecule has 0 heterocycles. The number of benzene rings is 2. The first kappa shape index (κ1) is 14.9. The molecule has 0 aliphatic heterocycles. The third-order valence-electron chi connectivity index (χ3n) is 2.60. The Bertz CT molecular complexity index is 605. The Balaban J connectivity index is 1.82. The summed E-state index contributed by atoms with van der Waals surface area (Å²) in [5.74, 6) is -0.576. The van der Waals surface area contributed by atoms with Crippen LogP contribution < -0.4 is 9.90 Å². The van der Waals surface area contributed by atoms with E-state index in [2.05, 4.69) is 4.84 Å². The topological polar surface area (TPSA) is 58.6 Å². The molecule has 0 fully saturated rings. The highest BCUT2D eigenvalue weighted by Crippen LogP contribution is 2.15. The number of hydroxylamine groups is 1. The van der Waals surface area contributed by atoms with Crippen LogP contribution in [0, 0.1) is 0 Å². The average molecular weight is 305 g/mol. The quantitative estimate of drug-likeness (QED) is 0.700. The van der Waals surface area contributed by atoms with Gasteiger partial charge in [0.1, 0.15) is 0 Å². The molecule has 0 unspecified atom stereocenters. The van der Waals surface area contributed by atoms with Crippen molar-refractivity contribution in [3.8, 4) is 0 Å². The lowest BCUT2D eigenvalue weighted by molar-refractivity contribution is -0.147. The van der Waals surface area contributed by atoms with Gasteiger partial charge in [-0.2, -0.15) is 5.48 Å². The average Bonchev–Trinajstić information content (AvgIpc) is 2.53. The van der Waals surface area contributed by atoms with Crippen LogP contribution in [-0.2, 0) is 16.1 Å². The highest BCUT2D eigenvalue weighted by atomic mass is 35.5. The van der Waals surface area contributed by atoms with E-state index in [0.717, 1.165) is 9.98 Å². The summed E-state index contributed by atoms with van der Waals surface area (Å²) in [7, 11) is 0. The van der Waals surface area contributed by atoms with Gasteiger partial charge in [-0.1, -0.05) is 48.5 Å². The Hall–Kier alpha value is -2.53. The third-order valence-corrected chi connectivity index (χ3v) is 2.95. The fraction of sp³-hybridized carbons (Fsp3) is 0.0667. The zero-order valence-electron chi connectivity index (χ0n) is 11.0. The van der Waals surface area contributed by atoms with Crippen molar-refractivity contribution in [2.24, 2.45) is 0 Å². The standard InChI is InChI=1S/C15H13ClN2O3/c16-18(13-9-5-2-6-10-13)15(20)17-21-14(19)11-12-7-3-1-4-8-12/h1-10H,11H2,(H,17,20). The van der Waals surface area contributed by atoms with Crippen LogP contribution in [-0.4, -0.2) is 12.0 Å². The molecule has 0 aliphatic carbocycles. The van der Waals surface area contributed by atoms with Crippen LogP contribution in [0.2, 0.25) is 0 Å². The summed E-state index contributed by atoms with van der Waals surface area (Å²) < 4.78 is 0.829. The molecular weight excluding hydrogens is 292 g/mol. The minimum Gasteiger partial charge on any atom is -0.339 e. The molecule has 2 amide bonds. The molecule has 1 N–H and O–H groups in total. The van der Waals surface area contributed by atoms with E-state index < -0.39 is 12.0 Å². The largest absolute Gasteiger partial charge is 0.369 e. The molecule has 5 nitrogen and oxygen atoms in total. The maximum Gasteiger partial charge on any atom is 0.369 e. The van der Waals surface area contributed by atoms with Crippen molar-refractivity contribution in [1.82, 2.24) is 5.48 Å². The van der Waals surface area contributed by atoms with Gasteiger partial charge in [-0.25, -0.2) is 14.0 Å². The smallest absolute Gasteiger partial charge is 0.339 e. The van der Waals surface area contributed by atoms with Crippen LogP contribution in [0.4, 0.5) is 10.5 Å². The lowest BCUT2D eigenvalue weighted by atomic mass is 10.2. The zero-order chi connectivity index (χ0) is 15.1. The second-order valence-electron chi connectivity index (χ2n) is 4.16. The van der Waals surface area contributed by atoms with Gasteiger partial charge in [0.05, 0.1) is 12.1 Å². The van der Waals surface area contributed by atoms with Gasteiger partial charge in [-0.3, -0.25) is 0 Å². The fourth-order valence-corrected chi connectivity index (χ4v) is 1.76. The molecule has 0 aromatic heterocycles. The number of anilines is 1. The summed E-state index contributed by atoms with van der Waals surface area (Å²) >= 11 is 5.83. The Morgan fingerprint density at radius 1 is 1.00 bits per heavy atom. The van der Waals surface area contributed by atoms with E-state index in [1.54, 1.807) is 42.5 Å². The first-order valence-electron chi connectivity index (χ1n) is 6.21. The number of carbonyl (C=O) groups excluding carboxylic acids is 2. The second kappa shape index (κ2) is 7.31. The van der Waals surface area contributed by atoms with Crippen molar-refractivity contribution >= 4 is 29.5 Å². The third kappa shape index (κ3) is 4.50. The summed E-state index contributed by atoms with van der Waals surface area (Å²) in [6.45, 7) is 0. The van der Waals surface area contributed by atoms with Crippen molar-refractivity contribution < 1.29 is 14.4 Å². The van der Waals surface area contributed by atoms with E-state index in [0.29, 0.717) is 5.69 Å². The minimum atomic E-state index is -0.746. The van der Waals surface area contributed by atoms with E-state index in [4.69, 9.17) is 11.8 Å². The molecule has 0 aliphatic rings. The summed E-state index contributed by atoms with van der Waals surface area (Å²) in [4.78, 5) is 28.0. The van der Waals surface area contributed by atoms with Gasteiger partial charge < -0.3 is 4.84 Å². The van der Waals surface area contributed by atoms with Crippen LogP contribution >= 0.6 is 11.8 Å². The molecule has 6 heteroatoms. The van der Waals surface area contributed by atoms with Crippen molar-refractivity contribution in [2.75, 3.05) is 4.42 Å². The Morgan fingerprint density at radius 2 is 1.57 bits per heavy atom. The van der Waals surface area contributed by atoms with E-state index in [9.17, 15) is 9.59 Å². The molecule has 0 saturated heterocycles. The minimum absolute atomic E-state index is 0.0642. The number of amides is 2. The highest BCUT2D eigenvalue weighted by molar-refractivity contribution is 6.36. The van der Waals surface area contributed by atoms with Crippen molar-refractivity contribution in [3.63, 3.8) is 0 Å². The number of nitrogens with one attached hydrogen (secondary N) is 1. The maximum atomic E-state index is 11.7. The monoisotopic (exact) mass is 304 g/mol. The molecule has 0 radical (unpaired) electrons. The molecule has 2 aromatic carbocycles. The molecule has 2 aromatic rings. The molecule has 0 spiro atoms. The summed E-state index contributed by atoms with van der Waals surface area (Å²) in [6.07, 6.45) is 0.0642. The van der Waals surface area contributed by atoms with E-state index in [-0.39, 0.29) is 6.42 Å². The van der Waals surface area contributed by atoms with Crippen LogP contribution in [0.15, 0.2) is 60.7 Å². The first-order chi connectivity index (χ1) is 10.2. The van der Waals surface area contributed by atoms with Gasteiger partial charge in [0.25, 0.3) is 0 Å². The molecule has 21 heavy (non-hydrogen) atoms. The predicted molar refractivity (Wildman–Crippen MR) is 79.5 cm³/mol. The second-order valence-corrected chi connectivity index (χ2v) is 4.50. The van der Waals surface area contributed by atoms with Crippen LogP contribution in [0.3, 0.4) is 0 Å². The number of carbonyl (C=O) groups is 2. The van der Waals surface area contributed by atoms with Crippen molar-refractivity contribution in [1.29, 1.82) is 0 Å². The lowest BCUT2D eigenvalue weighted by Gasteiger charge is -2.14. The summed E-state index contributed by atoms with van der Waals surface area (Å²) in [5.41, 5.74) is 3.27. The molecule has 108 valence electrons. The number of hydrogen-bond acceptors (Lipinski definition) is 3. The van der Waals surface area contributed by atoms with Gasteiger partial charge in [0.2, 0.25) is 0 Å². The lowest BCUT2D eigenvalue weighted by Crippen LogP contribution is -2.36. The van der Waals surface area contributed by atoms with Crippen LogP contribution in [0.5, 0.6) is 0 Å². The van der Waals surface area contributed by atoms with E-state index in [1.807, 2.05) is 23.7 Å². The SMILES string of the molecule is O=C(Cc1ccccc1)ONC(=O)N(Cl)c1ccccc1. The summed E-state index contributed by atoms with van der Waals surface area (Å²) in [5, 5.41) is 0. The van der Waals surface area contributed by atoms with E-state index in [1.165, 1.54) is 0 Å². The number of para-hydroxylation sites is 1. The molecule has 0 saturated carbocycles. The van der Waals surface area contributed by atoms with Gasteiger partial charge in [0, 0.05) is 11.8 Å². The number of halogens is 1.